The summed E-state index contributed by atoms with van der Waals surface area (Å²) in [6.07, 6.45) is 0.386. The molecule has 2 rings (SSSR count). The molecule has 0 radical (unpaired) electrons. The lowest BCUT2D eigenvalue weighted by Gasteiger charge is -2.03. The number of hydrogen-bond acceptors (Lipinski definition) is 6. The zero-order chi connectivity index (χ0) is 16.2. The third-order valence-electron chi connectivity index (χ3n) is 2.72. The van der Waals surface area contributed by atoms with Crippen molar-refractivity contribution in [2.45, 2.75) is 30.9 Å². The first kappa shape index (κ1) is 16.6. The molecule has 0 saturated heterocycles. The number of hydrogen-bond donors (Lipinski definition) is 1. The number of nitrogens with zero attached hydrogens (tertiary/aromatic N) is 2. The van der Waals surface area contributed by atoms with Gasteiger partial charge in [-0.15, -0.1) is 10.2 Å². The number of amides is 1. The van der Waals surface area contributed by atoms with Gasteiger partial charge in [-0.2, -0.15) is 0 Å². The topological polar surface area (TPSA) is 89.0 Å². The van der Waals surface area contributed by atoms with Gasteiger partial charge in [-0.05, 0) is 18.1 Å². The van der Waals surface area contributed by atoms with Crippen LogP contribution in [0.3, 0.4) is 0 Å². The lowest BCUT2D eigenvalue weighted by molar-refractivity contribution is -0.116. The second-order valence-corrected chi connectivity index (χ2v) is 8.27. The van der Waals surface area contributed by atoms with E-state index in [9.17, 15) is 13.2 Å². The summed E-state index contributed by atoms with van der Waals surface area (Å²) in [5.41, 5.74) is 0. The SMILES string of the molecule is CC(C)CC(=O)Nc1nnc(CS(=O)(=O)c2ccccc2)s1. The Morgan fingerprint density at radius 1 is 1.23 bits per heavy atom. The molecule has 0 aliphatic carbocycles. The van der Waals surface area contributed by atoms with E-state index in [1.54, 1.807) is 30.3 Å². The van der Waals surface area contributed by atoms with Crippen molar-refractivity contribution in [1.29, 1.82) is 0 Å². The Bertz CT molecular complexity index is 740. The average Bonchev–Trinajstić information content (AvgIpc) is 2.85. The summed E-state index contributed by atoms with van der Waals surface area (Å²) in [5.74, 6) is -0.135. The molecular formula is C14H17N3O3S2. The number of aromatic nitrogens is 2. The largest absolute Gasteiger partial charge is 0.301 e. The maximum absolute atomic E-state index is 12.2. The first-order valence-electron chi connectivity index (χ1n) is 6.77. The van der Waals surface area contributed by atoms with Crippen molar-refractivity contribution in [1.82, 2.24) is 10.2 Å². The number of carbonyl (C=O) groups excluding carboxylic acids is 1. The van der Waals surface area contributed by atoms with Gasteiger partial charge in [0.15, 0.2) is 9.84 Å². The fraction of sp³-hybridized carbons (Fsp3) is 0.357. The van der Waals surface area contributed by atoms with Crippen molar-refractivity contribution < 1.29 is 13.2 Å². The first-order chi connectivity index (χ1) is 10.4. The predicted molar refractivity (Wildman–Crippen MR) is 85.3 cm³/mol. The van der Waals surface area contributed by atoms with E-state index < -0.39 is 9.84 Å². The molecule has 1 aromatic carbocycles. The number of carbonyl (C=O) groups is 1. The van der Waals surface area contributed by atoms with Gasteiger partial charge in [0.1, 0.15) is 10.8 Å². The van der Waals surface area contributed by atoms with E-state index in [1.807, 2.05) is 13.8 Å². The quantitative estimate of drug-likeness (QED) is 0.873. The average molecular weight is 339 g/mol. The molecule has 0 aliphatic rings. The van der Waals surface area contributed by atoms with Crippen LogP contribution in [0.5, 0.6) is 0 Å². The summed E-state index contributed by atoms with van der Waals surface area (Å²) in [6, 6.07) is 8.19. The van der Waals surface area contributed by atoms with Crippen molar-refractivity contribution in [3.63, 3.8) is 0 Å². The zero-order valence-corrected chi connectivity index (χ0v) is 13.9. The molecular weight excluding hydrogens is 322 g/mol. The van der Waals surface area contributed by atoms with Gasteiger partial charge in [0, 0.05) is 6.42 Å². The summed E-state index contributed by atoms with van der Waals surface area (Å²) < 4.78 is 24.5. The highest BCUT2D eigenvalue weighted by Gasteiger charge is 2.18. The van der Waals surface area contributed by atoms with Crippen molar-refractivity contribution in [3.8, 4) is 0 Å². The molecule has 1 heterocycles. The van der Waals surface area contributed by atoms with Gasteiger partial charge in [0.25, 0.3) is 0 Å². The molecule has 0 aliphatic heterocycles. The van der Waals surface area contributed by atoms with Gasteiger partial charge >= 0.3 is 0 Å². The molecule has 0 spiro atoms. The standard InChI is InChI=1S/C14H17N3O3S2/c1-10(2)8-12(18)15-14-17-16-13(21-14)9-22(19,20)11-6-4-3-5-7-11/h3-7,10H,8-9H2,1-2H3,(H,15,17,18). The third-order valence-corrected chi connectivity index (χ3v) is 5.39. The van der Waals surface area contributed by atoms with Crippen LogP contribution in [0.1, 0.15) is 25.3 Å². The Labute approximate surface area is 133 Å². The van der Waals surface area contributed by atoms with E-state index in [0.717, 1.165) is 11.3 Å². The van der Waals surface area contributed by atoms with Crippen LogP contribution in [-0.4, -0.2) is 24.5 Å². The van der Waals surface area contributed by atoms with E-state index in [1.165, 1.54) is 0 Å². The lowest BCUT2D eigenvalue weighted by atomic mass is 10.1. The van der Waals surface area contributed by atoms with E-state index in [2.05, 4.69) is 15.5 Å². The van der Waals surface area contributed by atoms with Crippen LogP contribution in [0.2, 0.25) is 0 Å². The van der Waals surface area contributed by atoms with Gasteiger partial charge in [-0.1, -0.05) is 43.4 Å². The van der Waals surface area contributed by atoms with Crippen LogP contribution in [-0.2, 0) is 20.4 Å². The molecule has 0 bridgehead atoms. The van der Waals surface area contributed by atoms with Crippen LogP contribution in [0, 0.1) is 5.92 Å². The Morgan fingerprint density at radius 2 is 1.91 bits per heavy atom. The molecule has 1 amide bonds. The molecule has 1 N–H and O–H groups in total. The van der Waals surface area contributed by atoms with E-state index >= 15 is 0 Å². The van der Waals surface area contributed by atoms with Crippen LogP contribution in [0.4, 0.5) is 5.13 Å². The molecule has 8 heteroatoms. The van der Waals surface area contributed by atoms with Crippen molar-refractivity contribution in [3.05, 3.63) is 35.3 Å². The van der Waals surface area contributed by atoms with Crippen LogP contribution in [0.15, 0.2) is 35.2 Å². The third kappa shape index (κ3) is 4.60. The summed E-state index contributed by atoms with van der Waals surface area (Å²) in [6.45, 7) is 3.88. The molecule has 6 nitrogen and oxygen atoms in total. The van der Waals surface area contributed by atoms with Crippen LogP contribution in [0.25, 0.3) is 0 Å². The summed E-state index contributed by atoms with van der Waals surface area (Å²) >= 11 is 1.08. The monoisotopic (exact) mass is 339 g/mol. The highest BCUT2D eigenvalue weighted by molar-refractivity contribution is 7.90. The second-order valence-electron chi connectivity index (χ2n) is 5.22. The van der Waals surface area contributed by atoms with E-state index in [0.29, 0.717) is 16.6 Å². The lowest BCUT2D eigenvalue weighted by Crippen LogP contribution is -2.13. The van der Waals surface area contributed by atoms with Crippen LogP contribution >= 0.6 is 11.3 Å². The zero-order valence-electron chi connectivity index (χ0n) is 12.3. The number of anilines is 1. The van der Waals surface area contributed by atoms with Gasteiger partial charge in [0.05, 0.1) is 4.90 Å². The highest BCUT2D eigenvalue weighted by Crippen LogP contribution is 2.21. The Morgan fingerprint density at radius 3 is 2.55 bits per heavy atom. The Balaban J connectivity index is 2.05. The molecule has 0 saturated carbocycles. The second kappa shape index (κ2) is 6.97. The molecule has 0 atom stereocenters. The summed E-state index contributed by atoms with van der Waals surface area (Å²) in [5, 5.41) is 11.0. The van der Waals surface area contributed by atoms with Crippen LogP contribution < -0.4 is 5.32 Å². The predicted octanol–water partition coefficient (Wildman–Crippen LogP) is 2.50. The van der Waals surface area contributed by atoms with Crippen molar-refractivity contribution in [2.75, 3.05) is 5.32 Å². The molecule has 118 valence electrons. The fourth-order valence-electron chi connectivity index (χ4n) is 1.78. The molecule has 2 aromatic rings. The molecule has 22 heavy (non-hydrogen) atoms. The van der Waals surface area contributed by atoms with E-state index in [-0.39, 0.29) is 22.5 Å². The Hall–Kier alpha value is -1.80. The van der Waals surface area contributed by atoms with Crippen molar-refractivity contribution in [2.24, 2.45) is 5.92 Å². The smallest absolute Gasteiger partial charge is 0.226 e. The minimum absolute atomic E-state index is 0.149. The highest BCUT2D eigenvalue weighted by atomic mass is 32.2. The summed E-state index contributed by atoms with van der Waals surface area (Å²) in [4.78, 5) is 11.9. The maximum Gasteiger partial charge on any atom is 0.226 e. The number of sulfone groups is 1. The van der Waals surface area contributed by atoms with Gasteiger partial charge in [-0.3, -0.25) is 4.79 Å². The Kier molecular flexibility index (Phi) is 5.25. The fourth-order valence-corrected chi connectivity index (χ4v) is 4.15. The van der Waals surface area contributed by atoms with Gasteiger partial charge in [-0.25, -0.2) is 8.42 Å². The minimum atomic E-state index is -3.45. The number of rotatable bonds is 6. The molecule has 0 fully saturated rings. The minimum Gasteiger partial charge on any atom is -0.301 e. The maximum atomic E-state index is 12.2. The number of benzene rings is 1. The van der Waals surface area contributed by atoms with Gasteiger partial charge < -0.3 is 5.32 Å². The number of nitrogens with one attached hydrogen (secondary N) is 1. The van der Waals surface area contributed by atoms with E-state index in [4.69, 9.17) is 0 Å². The van der Waals surface area contributed by atoms with Crippen molar-refractivity contribution >= 4 is 32.2 Å². The normalized spacial score (nSPS) is 11.6. The van der Waals surface area contributed by atoms with Gasteiger partial charge in [0.2, 0.25) is 11.0 Å². The molecule has 1 aromatic heterocycles. The first-order valence-corrected chi connectivity index (χ1v) is 9.24. The molecule has 0 unspecified atom stereocenters. The summed E-state index contributed by atoms with van der Waals surface area (Å²) in [7, 11) is -3.45.